The molecule has 0 saturated heterocycles. The normalized spacial score (nSPS) is 10.3. The van der Waals surface area contributed by atoms with Crippen LogP contribution in [0.15, 0.2) is 61.1 Å². The fourth-order valence-corrected chi connectivity index (χ4v) is 2.12. The first-order valence-electron chi connectivity index (χ1n) is 7.19. The van der Waals surface area contributed by atoms with Crippen LogP contribution in [0.25, 0.3) is 11.3 Å². The van der Waals surface area contributed by atoms with Crippen molar-refractivity contribution < 1.29 is 19.4 Å². The molecular weight excluding hydrogens is 344 g/mol. The van der Waals surface area contributed by atoms with Crippen LogP contribution in [-0.4, -0.2) is 25.5 Å². The molecule has 0 atom stereocenters. The van der Waals surface area contributed by atoms with E-state index in [9.17, 15) is 25.0 Å². The standard InChI is InChI=1S/C16H10N4O6/c21-16(26-14-7-5-13(6-8-14)20(24)25)18-9-15(17-10-18)11-1-3-12(4-2-11)19(22)23/h1-10H. The highest BCUT2D eigenvalue weighted by molar-refractivity contribution is 5.75. The summed E-state index contributed by atoms with van der Waals surface area (Å²) in [6.45, 7) is 0. The van der Waals surface area contributed by atoms with E-state index in [1.54, 1.807) is 0 Å². The fourth-order valence-electron chi connectivity index (χ4n) is 2.12. The molecule has 0 spiro atoms. The molecule has 10 heteroatoms. The summed E-state index contributed by atoms with van der Waals surface area (Å²) in [6.07, 6.45) is 1.90. The average Bonchev–Trinajstić information content (AvgIpc) is 3.12. The summed E-state index contributed by atoms with van der Waals surface area (Å²) in [6, 6.07) is 10.8. The second kappa shape index (κ2) is 6.81. The zero-order valence-electron chi connectivity index (χ0n) is 13.0. The van der Waals surface area contributed by atoms with Crippen molar-refractivity contribution in [2.45, 2.75) is 0 Å². The number of nitrogens with zero attached hydrogens (tertiary/aromatic N) is 4. The molecule has 0 fully saturated rings. The largest absolute Gasteiger partial charge is 0.424 e. The second-order valence-corrected chi connectivity index (χ2v) is 5.09. The van der Waals surface area contributed by atoms with Crippen molar-refractivity contribution >= 4 is 17.5 Å². The molecule has 0 bridgehead atoms. The summed E-state index contributed by atoms with van der Waals surface area (Å²) in [5, 5.41) is 21.3. The van der Waals surface area contributed by atoms with E-state index in [-0.39, 0.29) is 17.1 Å². The van der Waals surface area contributed by atoms with Crippen LogP contribution in [0.2, 0.25) is 0 Å². The topological polar surface area (TPSA) is 130 Å². The second-order valence-electron chi connectivity index (χ2n) is 5.09. The summed E-state index contributed by atoms with van der Waals surface area (Å²) in [5.41, 5.74) is 0.858. The van der Waals surface area contributed by atoms with Crippen LogP contribution in [0.3, 0.4) is 0 Å². The molecule has 0 radical (unpaired) electrons. The highest BCUT2D eigenvalue weighted by Gasteiger charge is 2.13. The van der Waals surface area contributed by atoms with Crippen LogP contribution in [0.5, 0.6) is 5.75 Å². The minimum atomic E-state index is -0.750. The average molecular weight is 354 g/mol. The van der Waals surface area contributed by atoms with Gasteiger partial charge in [0.25, 0.3) is 11.4 Å². The molecule has 3 rings (SSSR count). The molecule has 0 N–H and O–H groups in total. The highest BCUT2D eigenvalue weighted by Crippen LogP contribution is 2.21. The number of carbonyl (C=O) groups excluding carboxylic acids is 1. The number of rotatable bonds is 4. The van der Waals surface area contributed by atoms with Gasteiger partial charge in [-0.3, -0.25) is 20.2 Å². The molecule has 130 valence electrons. The van der Waals surface area contributed by atoms with E-state index in [1.165, 1.54) is 61.1 Å². The van der Waals surface area contributed by atoms with Crippen LogP contribution < -0.4 is 4.74 Å². The van der Waals surface area contributed by atoms with E-state index in [1.807, 2.05) is 0 Å². The van der Waals surface area contributed by atoms with Gasteiger partial charge in [-0.2, -0.15) is 0 Å². The number of nitro benzene ring substituents is 2. The van der Waals surface area contributed by atoms with E-state index in [4.69, 9.17) is 4.74 Å². The molecule has 1 aromatic heterocycles. The number of hydrogen-bond acceptors (Lipinski definition) is 7. The first-order valence-corrected chi connectivity index (χ1v) is 7.19. The summed E-state index contributed by atoms with van der Waals surface area (Å²) in [4.78, 5) is 36.4. The molecule has 2 aromatic carbocycles. The summed E-state index contributed by atoms with van der Waals surface area (Å²) in [7, 11) is 0. The number of benzene rings is 2. The third kappa shape index (κ3) is 3.53. The molecule has 10 nitrogen and oxygen atoms in total. The molecule has 0 amide bonds. The van der Waals surface area contributed by atoms with Crippen molar-refractivity contribution in [2.75, 3.05) is 0 Å². The van der Waals surface area contributed by atoms with Gasteiger partial charge in [-0.25, -0.2) is 14.3 Å². The van der Waals surface area contributed by atoms with Crippen LogP contribution in [0, 0.1) is 20.2 Å². The van der Waals surface area contributed by atoms with Gasteiger partial charge in [0.1, 0.15) is 12.1 Å². The summed E-state index contributed by atoms with van der Waals surface area (Å²) < 4.78 is 6.20. The van der Waals surface area contributed by atoms with Gasteiger partial charge in [-0.15, -0.1) is 0 Å². The number of hydrogen-bond donors (Lipinski definition) is 0. The maximum atomic E-state index is 12.1. The zero-order chi connectivity index (χ0) is 18.7. The maximum Gasteiger partial charge on any atom is 0.424 e. The third-order valence-electron chi connectivity index (χ3n) is 3.42. The smallest absolute Gasteiger partial charge is 0.410 e. The Morgan fingerprint density at radius 2 is 1.46 bits per heavy atom. The minimum absolute atomic E-state index is 0.0502. The van der Waals surface area contributed by atoms with Gasteiger partial charge in [0.2, 0.25) is 0 Å². The van der Waals surface area contributed by atoms with Gasteiger partial charge in [0.15, 0.2) is 0 Å². The van der Waals surface area contributed by atoms with Crippen molar-refractivity contribution in [1.29, 1.82) is 0 Å². The van der Waals surface area contributed by atoms with E-state index < -0.39 is 15.9 Å². The summed E-state index contributed by atoms with van der Waals surface area (Å²) >= 11 is 0. The molecule has 3 aromatic rings. The number of aromatic nitrogens is 2. The van der Waals surface area contributed by atoms with Gasteiger partial charge in [0.05, 0.1) is 15.5 Å². The number of non-ortho nitro benzene ring substituents is 2. The SMILES string of the molecule is O=C(Oc1ccc([N+](=O)[O-])cc1)n1cnc(-c2ccc([N+](=O)[O-])cc2)c1. The molecule has 0 saturated carbocycles. The Hall–Kier alpha value is -4.08. The molecular formula is C16H10N4O6. The lowest BCUT2D eigenvalue weighted by atomic mass is 10.1. The monoisotopic (exact) mass is 354 g/mol. The molecule has 0 aliphatic rings. The lowest BCUT2D eigenvalue weighted by Gasteiger charge is -2.03. The molecule has 1 heterocycles. The van der Waals surface area contributed by atoms with Gasteiger partial charge < -0.3 is 4.74 Å². The number of ether oxygens (including phenoxy) is 1. The van der Waals surface area contributed by atoms with Crippen LogP contribution in [0.4, 0.5) is 16.2 Å². The van der Waals surface area contributed by atoms with Crippen molar-refractivity contribution in [1.82, 2.24) is 9.55 Å². The van der Waals surface area contributed by atoms with E-state index in [0.29, 0.717) is 11.3 Å². The van der Waals surface area contributed by atoms with Crippen molar-refractivity contribution in [3.8, 4) is 17.0 Å². The van der Waals surface area contributed by atoms with Gasteiger partial charge in [-0.05, 0) is 24.3 Å². The van der Waals surface area contributed by atoms with Crippen molar-refractivity contribution in [2.24, 2.45) is 0 Å². The third-order valence-corrected chi connectivity index (χ3v) is 3.42. The molecule has 0 aliphatic heterocycles. The Morgan fingerprint density at radius 3 is 2.00 bits per heavy atom. The fraction of sp³-hybridized carbons (Fsp3) is 0. The van der Waals surface area contributed by atoms with Crippen LogP contribution in [-0.2, 0) is 0 Å². The van der Waals surface area contributed by atoms with Gasteiger partial charge >= 0.3 is 6.09 Å². The van der Waals surface area contributed by atoms with Crippen molar-refractivity contribution in [3.05, 3.63) is 81.3 Å². The first kappa shape index (κ1) is 16.8. The maximum absolute atomic E-state index is 12.1. The minimum Gasteiger partial charge on any atom is -0.410 e. The first-order chi connectivity index (χ1) is 12.4. The van der Waals surface area contributed by atoms with E-state index in [2.05, 4.69) is 4.98 Å². The predicted molar refractivity (Wildman–Crippen MR) is 88.8 cm³/mol. The van der Waals surface area contributed by atoms with Gasteiger partial charge in [0, 0.05) is 36.0 Å². The number of imidazole rings is 1. The van der Waals surface area contributed by atoms with Crippen LogP contribution in [0.1, 0.15) is 0 Å². The highest BCUT2D eigenvalue weighted by atomic mass is 16.6. The Labute approximate surface area is 145 Å². The Morgan fingerprint density at radius 1 is 0.923 bits per heavy atom. The zero-order valence-corrected chi connectivity index (χ0v) is 13.0. The molecule has 26 heavy (non-hydrogen) atoms. The quantitative estimate of drug-likeness (QED) is 0.518. The van der Waals surface area contributed by atoms with Crippen LogP contribution >= 0.6 is 0 Å². The lowest BCUT2D eigenvalue weighted by Crippen LogP contribution is -2.14. The lowest BCUT2D eigenvalue weighted by molar-refractivity contribution is -0.385. The Kier molecular flexibility index (Phi) is 4.39. The Bertz CT molecular complexity index is 979. The van der Waals surface area contributed by atoms with E-state index in [0.717, 1.165) is 4.57 Å². The number of carbonyl (C=O) groups is 1. The van der Waals surface area contributed by atoms with Gasteiger partial charge in [-0.1, -0.05) is 0 Å². The summed E-state index contributed by atoms with van der Waals surface area (Å²) in [5.74, 6) is 0.145. The van der Waals surface area contributed by atoms with Crippen molar-refractivity contribution in [3.63, 3.8) is 0 Å². The van der Waals surface area contributed by atoms with E-state index >= 15 is 0 Å². The Balaban J connectivity index is 1.73. The number of nitro groups is 2. The predicted octanol–water partition coefficient (Wildman–Crippen LogP) is 3.41. The molecule has 0 unspecified atom stereocenters. The molecule has 0 aliphatic carbocycles.